The number of nitrogens with zero attached hydrogens (tertiary/aromatic N) is 4. The molecule has 1 aromatic carbocycles. The van der Waals surface area contributed by atoms with Crippen LogP contribution >= 0.6 is 15.9 Å². The minimum absolute atomic E-state index is 0.0335. The normalized spacial score (nSPS) is 22.7. The Morgan fingerprint density at radius 3 is 2.91 bits per heavy atom. The third-order valence-electron chi connectivity index (χ3n) is 6.48. The molecule has 2 aliphatic rings. The topological polar surface area (TPSA) is 74.5 Å². The summed E-state index contributed by atoms with van der Waals surface area (Å²) in [6.07, 6.45) is 5.63. The quantitative estimate of drug-likeness (QED) is 0.549. The highest BCUT2D eigenvalue weighted by molar-refractivity contribution is 9.10. The van der Waals surface area contributed by atoms with Crippen LogP contribution in [0.25, 0.3) is 11.4 Å². The van der Waals surface area contributed by atoms with Crippen LogP contribution in [0.4, 0.5) is 0 Å². The van der Waals surface area contributed by atoms with Crippen LogP contribution < -0.4 is 5.32 Å². The molecule has 0 bridgehead atoms. The van der Waals surface area contributed by atoms with Gasteiger partial charge in [0.1, 0.15) is 0 Å². The van der Waals surface area contributed by atoms with Crippen LogP contribution in [0.15, 0.2) is 33.3 Å². The first kappa shape index (κ1) is 23.4. The number of aromatic nitrogens is 2. The second kappa shape index (κ2) is 11.4. The molecule has 0 radical (unpaired) electrons. The molecule has 0 aliphatic carbocycles. The minimum atomic E-state index is 0.0335. The molecule has 1 aromatic heterocycles. The lowest BCUT2D eigenvalue weighted by Gasteiger charge is -2.31. The molecule has 2 aromatic rings. The largest absolute Gasteiger partial charge is 0.356 e. The van der Waals surface area contributed by atoms with Gasteiger partial charge in [-0.15, -0.1) is 0 Å². The van der Waals surface area contributed by atoms with Gasteiger partial charge in [0, 0.05) is 29.7 Å². The van der Waals surface area contributed by atoms with Crippen LogP contribution in [-0.2, 0) is 11.3 Å². The zero-order valence-electron chi connectivity index (χ0n) is 18.9. The zero-order chi connectivity index (χ0) is 22.3. The molecular weight excluding hydrogens is 470 g/mol. The van der Waals surface area contributed by atoms with Crippen molar-refractivity contribution in [3.05, 3.63) is 34.6 Å². The van der Waals surface area contributed by atoms with Gasteiger partial charge >= 0.3 is 0 Å². The molecule has 2 unspecified atom stereocenters. The second-order valence-electron chi connectivity index (χ2n) is 9.29. The molecule has 2 saturated heterocycles. The first-order valence-electron chi connectivity index (χ1n) is 11.9. The highest BCUT2D eigenvalue weighted by Crippen LogP contribution is 2.22. The maximum absolute atomic E-state index is 12.7. The van der Waals surface area contributed by atoms with E-state index >= 15 is 0 Å². The standard InChI is InChI=1S/C24H34BrN5O2/c1-18-6-3-11-29(15-18)13-5-10-26-24(31)20-8-4-12-30(16-20)17-22-27-23(28-32-22)19-7-2-9-21(25)14-19/h2,7,9,14,18,20H,3-6,8,10-13,15-17H2,1H3,(H,26,31). The van der Waals surface area contributed by atoms with Crippen molar-refractivity contribution in [2.45, 2.75) is 45.6 Å². The van der Waals surface area contributed by atoms with Crippen molar-refractivity contribution >= 4 is 21.8 Å². The lowest BCUT2D eigenvalue weighted by molar-refractivity contribution is -0.126. The summed E-state index contributed by atoms with van der Waals surface area (Å²) in [6.45, 7) is 8.85. The van der Waals surface area contributed by atoms with Gasteiger partial charge in [0.25, 0.3) is 0 Å². The number of hydrogen-bond donors (Lipinski definition) is 1. The molecule has 0 saturated carbocycles. The molecule has 3 heterocycles. The minimum Gasteiger partial charge on any atom is -0.356 e. The maximum Gasteiger partial charge on any atom is 0.241 e. The van der Waals surface area contributed by atoms with Gasteiger partial charge in [0.05, 0.1) is 12.5 Å². The Hall–Kier alpha value is -1.77. The van der Waals surface area contributed by atoms with E-state index in [2.05, 4.69) is 48.1 Å². The van der Waals surface area contributed by atoms with Crippen LogP contribution in [0.1, 0.15) is 44.9 Å². The summed E-state index contributed by atoms with van der Waals surface area (Å²) in [7, 11) is 0. The Morgan fingerprint density at radius 1 is 1.22 bits per heavy atom. The van der Waals surface area contributed by atoms with Crippen LogP contribution in [0.3, 0.4) is 0 Å². The summed E-state index contributed by atoms with van der Waals surface area (Å²) >= 11 is 3.48. The molecule has 1 amide bonds. The van der Waals surface area contributed by atoms with Crippen molar-refractivity contribution in [2.75, 3.05) is 39.3 Å². The van der Waals surface area contributed by atoms with E-state index in [1.807, 2.05) is 24.3 Å². The Kier molecular flexibility index (Phi) is 8.32. The summed E-state index contributed by atoms with van der Waals surface area (Å²) in [6, 6.07) is 7.86. The van der Waals surface area contributed by atoms with Gasteiger partial charge < -0.3 is 14.7 Å². The zero-order valence-corrected chi connectivity index (χ0v) is 20.5. The van der Waals surface area contributed by atoms with Crippen LogP contribution in [0, 0.1) is 11.8 Å². The molecule has 2 atom stereocenters. The lowest BCUT2D eigenvalue weighted by atomic mass is 9.97. The molecule has 8 heteroatoms. The Labute approximate surface area is 199 Å². The fourth-order valence-corrected chi connectivity index (χ4v) is 5.22. The number of nitrogens with one attached hydrogen (secondary N) is 1. The van der Waals surface area contributed by atoms with Crippen molar-refractivity contribution in [1.82, 2.24) is 25.3 Å². The molecule has 7 nitrogen and oxygen atoms in total. The van der Waals surface area contributed by atoms with Gasteiger partial charge in [0.2, 0.25) is 17.6 Å². The number of carbonyl (C=O) groups is 1. The molecular formula is C24H34BrN5O2. The van der Waals surface area contributed by atoms with Crippen molar-refractivity contribution in [3.8, 4) is 11.4 Å². The van der Waals surface area contributed by atoms with E-state index in [0.717, 1.165) is 61.4 Å². The average Bonchev–Trinajstić information content (AvgIpc) is 3.25. The molecule has 2 aliphatic heterocycles. The fraction of sp³-hybridized carbons (Fsp3) is 0.625. The van der Waals surface area contributed by atoms with Gasteiger partial charge in [-0.1, -0.05) is 40.1 Å². The summed E-state index contributed by atoms with van der Waals surface area (Å²) < 4.78 is 6.46. The first-order valence-corrected chi connectivity index (χ1v) is 12.7. The Morgan fingerprint density at radius 2 is 2.06 bits per heavy atom. The third kappa shape index (κ3) is 6.62. The van der Waals surface area contributed by atoms with E-state index in [9.17, 15) is 4.79 Å². The van der Waals surface area contributed by atoms with Crippen molar-refractivity contribution in [2.24, 2.45) is 11.8 Å². The van der Waals surface area contributed by atoms with Crippen molar-refractivity contribution < 1.29 is 9.32 Å². The summed E-state index contributed by atoms with van der Waals surface area (Å²) in [5.74, 6) is 2.21. The monoisotopic (exact) mass is 503 g/mol. The Bertz CT molecular complexity index is 889. The number of benzene rings is 1. The van der Waals surface area contributed by atoms with Crippen molar-refractivity contribution in [3.63, 3.8) is 0 Å². The van der Waals surface area contributed by atoms with E-state index in [0.29, 0.717) is 18.3 Å². The fourth-order valence-electron chi connectivity index (χ4n) is 4.82. The van der Waals surface area contributed by atoms with Gasteiger partial charge in [0.15, 0.2) is 0 Å². The lowest BCUT2D eigenvalue weighted by Crippen LogP contribution is -2.43. The third-order valence-corrected chi connectivity index (χ3v) is 6.97. The summed E-state index contributed by atoms with van der Waals surface area (Å²) in [4.78, 5) is 22.1. The van der Waals surface area contributed by atoms with E-state index in [1.54, 1.807) is 0 Å². The van der Waals surface area contributed by atoms with E-state index in [1.165, 1.54) is 25.9 Å². The summed E-state index contributed by atoms with van der Waals surface area (Å²) in [5.41, 5.74) is 0.921. The number of halogens is 1. The number of piperidine rings is 2. The second-order valence-corrected chi connectivity index (χ2v) is 10.2. The van der Waals surface area contributed by atoms with Gasteiger partial charge in [-0.05, 0) is 69.8 Å². The Balaban J connectivity index is 1.21. The van der Waals surface area contributed by atoms with Gasteiger partial charge in [-0.25, -0.2) is 0 Å². The van der Waals surface area contributed by atoms with Gasteiger partial charge in [-0.3, -0.25) is 9.69 Å². The molecule has 174 valence electrons. The molecule has 32 heavy (non-hydrogen) atoms. The highest BCUT2D eigenvalue weighted by atomic mass is 79.9. The molecule has 1 N–H and O–H groups in total. The predicted molar refractivity (Wildman–Crippen MR) is 128 cm³/mol. The van der Waals surface area contributed by atoms with E-state index in [-0.39, 0.29) is 11.8 Å². The van der Waals surface area contributed by atoms with Crippen molar-refractivity contribution in [1.29, 1.82) is 0 Å². The SMILES string of the molecule is CC1CCCN(CCCNC(=O)C2CCCN(Cc3nc(-c4cccc(Br)c4)no3)C2)C1. The average molecular weight is 504 g/mol. The van der Waals surface area contributed by atoms with Gasteiger partial charge in [-0.2, -0.15) is 4.98 Å². The van der Waals surface area contributed by atoms with Crippen LogP contribution in [-0.4, -0.2) is 65.1 Å². The van der Waals surface area contributed by atoms with Crippen LogP contribution in [0.5, 0.6) is 0 Å². The maximum atomic E-state index is 12.7. The number of hydrogen-bond acceptors (Lipinski definition) is 6. The number of likely N-dealkylation sites (tertiary alicyclic amines) is 2. The smallest absolute Gasteiger partial charge is 0.241 e. The van der Waals surface area contributed by atoms with E-state index in [4.69, 9.17) is 4.52 Å². The summed E-state index contributed by atoms with van der Waals surface area (Å²) in [5, 5.41) is 7.29. The number of carbonyl (C=O) groups excluding carboxylic acids is 1. The van der Waals surface area contributed by atoms with Crippen LogP contribution in [0.2, 0.25) is 0 Å². The first-order chi connectivity index (χ1) is 15.6. The number of amides is 1. The highest BCUT2D eigenvalue weighted by Gasteiger charge is 2.27. The molecule has 0 spiro atoms. The molecule has 2 fully saturated rings. The molecule has 4 rings (SSSR count). The number of rotatable bonds is 8. The van der Waals surface area contributed by atoms with E-state index < -0.39 is 0 Å². The predicted octanol–water partition coefficient (Wildman–Crippen LogP) is 3.95.